The van der Waals surface area contributed by atoms with Crippen LogP contribution in [0.2, 0.25) is 0 Å². The summed E-state index contributed by atoms with van der Waals surface area (Å²) < 4.78 is 11.3. The van der Waals surface area contributed by atoms with Crippen molar-refractivity contribution >= 4 is 0 Å². The van der Waals surface area contributed by atoms with E-state index >= 15 is 0 Å². The molecule has 0 radical (unpaired) electrons. The van der Waals surface area contributed by atoms with Crippen molar-refractivity contribution in [3.05, 3.63) is 23.8 Å². The molecule has 100 valence electrons. The highest BCUT2D eigenvalue weighted by molar-refractivity contribution is 5.47. The predicted molar refractivity (Wildman–Crippen MR) is 73.2 cm³/mol. The van der Waals surface area contributed by atoms with Gasteiger partial charge in [-0.05, 0) is 37.3 Å². The van der Waals surface area contributed by atoms with Crippen LogP contribution < -0.4 is 15.2 Å². The molecule has 0 aliphatic heterocycles. The van der Waals surface area contributed by atoms with Gasteiger partial charge in [0.2, 0.25) is 0 Å². The maximum atomic E-state index is 5.93. The van der Waals surface area contributed by atoms with Crippen LogP contribution in [-0.4, -0.2) is 19.8 Å². The number of ether oxygens (including phenoxy) is 2. The quantitative estimate of drug-likeness (QED) is 0.808. The van der Waals surface area contributed by atoms with Gasteiger partial charge >= 0.3 is 0 Å². The lowest BCUT2D eigenvalue weighted by Gasteiger charge is -2.16. The fraction of sp³-hybridized carbons (Fsp3) is 0.600. The number of hydrogen-bond acceptors (Lipinski definition) is 3. The van der Waals surface area contributed by atoms with Crippen LogP contribution in [0.1, 0.15) is 31.7 Å². The fourth-order valence-corrected chi connectivity index (χ4v) is 2.13. The van der Waals surface area contributed by atoms with Gasteiger partial charge in [0.05, 0.1) is 13.7 Å². The maximum absolute atomic E-state index is 5.93. The standard InChI is InChI=1S/C15H23NO2/c1-11(16)10-13-4-3-5-14(17-2)15(13)18-9-8-12-6-7-12/h3-5,11-12H,6-10,16H2,1-2H3. The molecular weight excluding hydrogens is 226 g/mol. The van der Waals surface area contributed by atoms with Gasteiger partial charge in [-0.2, -0.15) is 0 Å². The van der Waals surface area contributed by atoms with Crippen molar-refractivity contribution in [2.24, 2.45) is 11.7 Å². The summed E-state index contributed by atoms with van der Waals surface area (Å²) in [7, 11) is 1.68. The van der Waals surface area contributed by atoms with Gasteiger partial charge in [0.15, 0.2) is 11.5 Å². The van der Waals surface area contributed by atoms with E-state index in [1.54, 1.807) is 7.11 Å². The molecule has 0 amide bonds. The van der Waals surface area contributed by atoms with E-state index in [2.05, 4.69) is 6.07 Å². The van der Waals surface area contributed by atoms with Gasteiger partial charge in [0.25, 0.3) is 0 Å². The molecule has 3 nitrogen and oxygen atoms in total. The van der Waals surface area contributed by atoms with Crippen LogP contribution in [-0.2, 0) is 6.42 Å². The summed E-state index contributed by atoms with van der Waals surface area (Å²) in [6, 6.07) is 6.13. The lowest BCUT2D eigenvalue weighted by molar-refractivity contribution is 0.279. The third-order valence-electron chi connectivity index (χ3n) is 3.29. The lowest BCUT2D eigenvalue weighted by atomic mass is 10.1. The SMILES string of the molecule is COc1cccc(CC(C)N)c1OCCC1CC1. The largest absolute Gasteiger partial charge is 0.493 e. The molecule has 0 spiro atoms. The van der Waals surface area contributed by atoms with Crippen molar-refractivity contribution in [2.75, 3.05) is 13.7 Å². The van der Waals surface area contributed by atoms with E-state index in [9.17, 15) is 0 Å². The molecule has 1 aromatic rings. The molecule has 1 aliphatic carbocycles. The normalized spacial score (nSPS) is 16.4. The Morgan fingerprint density at radius 3 is 2.78 bits per heavy atom. The zero-order valence-electron chi connectivity index (χ0n) is 11.3. The highest BCUT2D eigenvalue weighted by atomic mass is 16.5. The van der Waals surface area contributed by atoms with E-state index in [1.807, 2.05) is 19.1 Å². The number of methoxy groups -OCH3 is 1. The van der Waals surface area contributed by atoms with E-state index in [1.165, 1.54) is 12.8 Å². The average Bonchev–Trinajstić information content (AvgIpc) is 3.14. The van der Waals surface area contributed by atoms with Gasteiger partial charge in [-0.1, -0.05) is 25.0 Å². The van der Waals surface area contributed by atoms with Crippen molar-refractivity contribution in [3.8, 4) is 11.5 Å². The number of hydrogen-bond donors (Lipinski definition) is 1. The highest BCUT2D eigenvalue weighted by Crippen LogP contribution is 2.35. The Balaban J connectivity index is 2.05. The van der Waals surface area contributed by atoms with E-state index in [0.717, 1.165) is 42.4 Å². The predicted octanol–water partition coefficient (Wildman–Crippen LogP) is 2.76. The number of nitrogens with two attached hydrogens (primary N) is 1. The number of benzene rings is 1. The third kappa shape index (κ3) is 3.64. The summed E-state index contributed by atoms with van der Waals surface area (Å²) in [4.78, 5) is 0. The second-order valence-electron chi connectivity index (χ2n) is 5.21. The molecule has 2 N–H and O–H groups in total. The van der Waals surface area contributed by atoms with Gasteiger partial charge in [-0.25, -0.2) is 0 Å². The van der Waals surface area contributed by atoms with Crippen LogP contribution in [0.5, 0.6) is 11.5 Å². The minimum absolute atomic E-state index is 0.128. The monoisotopic (exact) mass is 249 g/mol. The van der Waals surface area contributed by atoms with Crippen molar-refractivity contribution in [2.45, 2.75) is 38.6 Å². The van der Waals surface area contributed by atoms with E-state index in [4.69, 9.17) is 15.2 Å². The second-order valence-corrected chi connectivity index (χ2v) is 5.21. The minimum Gasteiger partial charge on any atom is -0.493 e. The summed E-state index contributed by atoms with van der Waals surface area (Å²) >= 11 is 0. The Morgan fingerprint density at radius 2 is 2.17 bits per heavy atom. The first-order chi connectivity index (χ1) is 8.70. The first kappa shape index (κ1) is 13.2. The van der Waals surface area contributed by atoms with Gasteiger partial charge in [-0.3, -0.25) is 0 Å². The molecule has 0 bridgehead atoms. The molecule has 1 fully saturated rings. The molecule has 18 heavy (non-hydrogen) atoms. The van der Waals surface area contributed by atoms with Crippen LogP contribution in [0.3, 0.4) is 0 Å². The molecule has 0 saturated heterocycles. The first-order valence-corrected chi connectivity index (χ1v) is 6.75. The van der Waals surface area contributed by atoms with Crippen LogP contribution in [0.25, 0.3) is 0 Å². The molecule has 2 rings (SSSR count). The Labute approximate surface area is 109 Å². The molecule has 3 heteroatoms. The summed E-state index contributed by atoms with van der Waals surface area (Å²) in [5.74, 6) is 2.57. The lowest BCUT2D eigenvalue weighted by Crippen LogP contribution is -2.18. The topological polar surface area (TPSA) is 44.5 Å². The molecular formula is C15H23NO2. The van der Waals surface area contributed by atoms with Gasteiger partial charge in [0, 0.05) is 6.04 Å². The van der Waals surface area contributed by atoms with Crippen LogP contribution in [0.4, 0.5) is 0 Å². The van der Waals surface area contributed by atoms with Gasteiger partial charge in [0.1, 0.15) is 0 Å². The Bertz CT molecular complexity index is 386. The zero-order valence-corrected chi connectivity index (χ0v) is 11.3. The summed E-state index contributed by atoms with van der Waals surface area (Å²) in [5.41, 5.74) is 7.01. The maximum Gasteiger partial charge on any atom is 0.164 e. The average molecular weight is 249 g/mol. The minimum atomic E-state index is 0.128. The molecule has 1 aromatic carbocycles. The molecule has 0 heterocycles. The number of rotatable bonds is 7. The Hall–Kier alpha value is -1.22. The molecule has 0 aromatic heterocycles. The van der Waals surface area contributed by atoms with Crippen molar-refractivity contribution in [1.29, 1.82) is 0 Å². The van der Waals surface area contributed by atoms with Gasteiger partial charge in [-0.15, -0.1) is 0 Å². The second kappa shape index (κ2) is 6.10. The molecule has 1 aliphatic rings. The summed E-state index contributed by atoms with van der Waals surface area (Å²) in [6.45, 7) is 2.78. The molecule has 1 saturated carbocycles. The molecule has 1 unspecified atom stereocenters. The Kier molecular flexibility index (Phi) is 4.48. The first-order valence-electron chi connectivity index (χ1n) is 6.75. The van der Waals surface area contributed by atoms with E-state index < -0.39 is 0 Å². The number of para-hydroxylation sites is 1. The Morgan fingerprint density at radius 1 is 1.39 bits per heavy atom. The third-order valence-corrected chi connectivity index (χ3v) is 3.29. The van der Waals surface area contributed by atoms with Crippen molar-refractivity contribution in [3.63, 3.8) is 0 Å². The highest BCUT2D eigenvalue weighted by Gasteiger charge is 2.21. The van der Waals surface area contributed by atoms with Crippen LogP contribution in [0.15, 0.2) is 18.2 Å². The van der Waals surface area contributed by atoms with Crippen molar-refractivity contribution in [1.82, 2.24) is 0 Å². The van der Waals surface area contributed by atoms with E-state index in [0.29, 0.717) is 0 Å². The molecule has 1 atom stereocenters. The summed E-state index contributed by atoms with van der Waals surface area (Å²) in [5, 5.41) is 0. The van der Waals surface area contributed by atoms with Crippen molar-refractivity contribution < 1.29 is 9.47 Å². The zero-order chi connectivity index (χ0) is 13.0. The van der Waals surface area contributed by atoms with Crippen LogP contribution in [0, 0.1) is 5.92 Å². The van der Waals surface area contributed by atoms with Gasteiger partial charge < -0.3 is 15.2 Å². The van der Waals surface area contributed by atoms with E-state index in [-0.39, 0.29) is 6.04 Å². The summed E-state index contributed by atoms with van der Waals surface area (Å²) in [6.07, 6.45) is 4.69. The van der Waals surface area contributed by atoms with Crippen LogP contribution >= 0.6 is 0 Å². The fourth-order valence-electron chi connectivity index (χ4n) is 2.13. The smallest absolute Gasteiger partial charge is 0.164 e.